The van der Waals surface area contributed by atoms with Gasteiger partial charge in [0, 0.05) is 10.9 Å². The number of aromatic hydroxyl groups is 1. The lowest BCUT2D eigenvalue weighted by Crippen LogP contribution is -2.22. The number of nitrogens with zero attached hydrogens (tertiary/aromatic N) is 1. The van der Waals surface area contributed by atoms with Crippen molar-refractivity contribution in [3.05, 3.63) is 70.2 Å². The highest BCUT2D eigenvalue weighted by molar-refractivity contribution is 7.09. The van der Waals surface area contributed by atoms with Crippen molar-refractivity contribution in [3.63, 3.8) is 0 Å². The average molecular weight is 324 g/mol. The van der Waals surface area contributed by atoms with Crippen molar-refractivity contribution in [2.75, 3.05) is 0 Å². The van der Waals surface area contributed by atoms with E-state index in [-0.39, 0.29) is 11.7 Å². The molecule has 0 spiro atoms. The third-order valence-electron chi connectivity index (χ3n) is 3.42. The van der Waals surface area contributed by atoms with Gasteiger partial charge in [-0.05, 0) is 42.3 Å². The highest BCUT2D eigenvalue weighted by atomic mass is 32.1. The van der Waals surface area contributed by atoms with Crippen LogP contribution in [0.3, 0.4) is 0 Å². The normalized spacial score (nSPS) is 10.5. The average Bonchev–Trinajstić information content (AvgIpc) is 2.99. The van der Waals surface area contributed by atoms with Gasteiger partial charge in [0.05, 0.1) is 17.2 Å². The van der Waals surface area contributed by atoms with Crippen LogP contribution < -0.4 is 5.32 Å². The van der Waals surface area contributed by atoms with Gasteiger partial charge in [0.2, 0.25) is 0 Å². The first-order valence-electron chi connectivity index (χ1n) is 7.20. The Hall–Kier alpha value is -2.66. The molecule has 0 aliphatic rings. The molecule has 5 heteroatoms. The number of aryl methyl sites for hydroxylation is 1. The lowest BCUT2D eigenvalue weighted by Gasteiger charge is -2.07. The molecule has 0 aliphatic carbocycles. The molecule has 1 aromatic heterocycles. The SMILES string of the molecule is Cc1nc(CNC(=O)c2cccc(-c3ccc(O)cc3)c2)cs1. The number of aromatic nitrogens is 1. The lowest BCUT2D eigenvalue weighted by molar-refractivity contribution is 0.0950. The molecule has 2 N–H and O–H groups in total. The van der Waals surface area contributed by atoms with E-state index in [4.69, 9.17) is 0 Å². The van der Waals surface area contributed by atoms with Gasteiger partial charge in [-0.15, -0.1) is 11.3 Å². The summed E-state index contributed by atoms with van der Waals surface area (Å²) in [5, 5.41) is 15.2. The van der Waals surface area contributed by atoms with E-state index in [0.717, 1.165) is 21.8 Å². The summed E-state index contributed by atoms with van der Waals surface area (Å²) in [5.74, 6) is 0.0949. The highest BCUT2D eigenvalue weighted by Crippen LogP contribution is 2.22. The van der Waals surface area contributed by atoms with Gasteiger partial charge in [-0.2, -0.15) is 0 Å². The van der Waals surface area contributed by atoms with Crippen LogP contribution in [0.25, 0.3) is 11.1 Å². The molecule has 4 nitrogen and oxygen atoms in total. The lowest BCUT2D eigenvalue weighted by atomic mass is 10.0. The molecule has 23 heavy (non-hydrogen) atoms. The van der Waals surface area contributed by atoms with Gasteiger partial charge in [0.15, 0.2) is 0 Å². The van der Waals surface area contributed by atoms with E-state index in [1.807, 2.05) is 42.6 Å². The van der Waals surface area contributed by atoms with E-state index in [1.54, 1.807) is 29.5 Å². The summed E-state index contributed by atoms with van der Waals surface area (Å²) in [6, 6.07) is 14.3. The number of hydrogen-bond acceptors (Lipinski definition) is 4. The van der Waals surface area contributed by atoms with Crippen LogP contribution in [0.1, 0.15) is 21.1 Å². The molecule has 0 aliphatic heterocycles. The molecule has 2 aromatic carbocycles. The van der Waals surface area contributed by atoms with Crippen LogP contribution in [0.2, 0.25) is 0 Å². The molecule has 0 fully saturated rings. The Morgan fingerprint density at radius 3 is 2.65 bits per heavy atom. The van der Waals surface area contributed by atoms with Crippen LogP contribution in [0.15, 0.2) is 53.9 Å². The zero-order chi connectivity index (χ0) is 16.2. The second kappa shape index (κ2) is 6.62. The molecule has 3 aromatic rings. The second-order valence-electron chi connectivity index (χ2n) is 5.17. The number of phenolic OH excluding ortho intramolecular Hbond substituents is 1. The third kappa shape index (κ3) is 3.76. The Morgan fingerprint density at radius 2 is 1.96 bits per heavy atom. The first kappa shape index (κ1) is 15.2. The number of carbonyl (C=O) groups is 1. The first-order valence-corrected chi connectivity index (χ1v) is 8.08. The number of benzene rings is 2. The predicted octanol–water partition coefficient (Wildman–Crippen LogP) is 3.75. The fraction of sp³-hybridized carbons (Fsp3) is 0.111. The van der Waals surface area contributed by atoms with Crippen LogP contribution in [-0.4, -0.2) is 16.0 Å². The predicted molar refractivity (Wildman–Crippen MR) is 91.6 cm³/mol. The Morgan fingerprint density at radius 1 is 1.17 bits per heavy atom. The van der Waals surface area contributed by atoms with E-state index in [1.165, 1.54) is 0 Å². The molecule has 0 radical (unpaired) electrons. The zero-order valence-corrected chi connectivity index (χ0v) is 13.4. The Kier molecular flexibility index (Phi) is 4.39. The van der Waals surface area contributed by atoms with E-state index >= 15 is 0 Å². The largest absolute Gasteiger partial charge is 0.508 e. The number of phenols is 1. The topological polar surface area (TPSA) is 62.2 Å². The van der Waals surface area contributed by atoms with Crippen molar-refractivity contribution < 1.29 is 9.90 Å². The summed E-state index contributed by atoms with van der Waals surface area (Å²) in [7, 11) is 0. The Bertz CT molecular complexity index is 825. The highest BCUT2D eigenvalue weighted by Gasteiger charge is 2.08. The molecule has 0 bridgehead atoms. The molecule has 3 rings (SSSR count). The minimum Gasteiger partial charge on any atom is -0.508 e. The smallest absolute Gasteiger partial charge is 0.251 e. The standard InChI is InChI=1S/C18H16N2O2S/c1-12-20-16(11-23-12)10-19-18(22)15-4-2-3-14(9-15)13-5-7-17(21)8-6-13/h2-9,11,21H,10H2,1H3,(H,19,22). The third-order valence-corrected chi connectivity index (χ3v) is 4.24. The number of nitrogens with one attached hydrogen (secondary N) is 1. The van der Waals surface area contributed by atoms with Crippen LogP contribution in [-0.2, 0) is 6.54 Å². The van der Waals surface area contributed by atoms with E-state index < -0.39 is 0 Å². The molecule has 1 heterocycles. The van der Waals surface area contributed by atoms with Crippen molar-refractivity contribution in [2.24, 2.45) is 0 Å². The van der Waals surface area contributed by atoms with Crippen molar-refractivity contribution in [1.82, 2.24) is 10.3 Å². The summed E-state index contributed by atoms with van der Waals surface area (Å²) in [6.45, 7) is 2.36. The summed E-state index contributed by atoms with van der Waals surface area (Å²) in [5.41, 5.74) is 3.35. The Balaban J connectivity index is 1.73. The van der Waals surface area contributed by atoms with Crippen LogP contribution >= 0.6 is 11.3 Å². The van der Waals surface area contributed by atoms with Crippen molar-refractivity contribution in [3.8, 4) is 16.9 Å². The Labute approximate surface area is 138 Å². The number of rotatable bonds is 4. The first-order chi connectivity index (χ1) is 11.1. The molecule has 1 amide bonds. The molecular weight excluding hydrogens is 308 g/mol. The van der Waals surface area contributed by atoms with Crippen LogP contribution in [0, 0.1) is 6.92 Å². The summed E-state index contributed by atoms with van der Waals surface area (Å²) < 4.78 is 0. The van der Waals surface area contributed by atoms with Crippen molar-refractivity contribution >= 4 is 17.2 Å². The summed E-state index contributed by atoms with van der Waals surface area (Å²) in [4.78, 5) is 16.6. The van der Waals surface area contributed by atoms with Crippen LogP contribution in [0.5, 0.6) is 5.75 Å². The van der Waals surface area contributed by atoms with Gasteiger partial charge in [-0.25, -0.2) is 4.98 Å². The van der Waals surface area contributed by atoms with Crippen molar-refractivity contribution in [2.45, 2.75) is 13.5 Å². The maximum Gasteiger partial charge on any atom is 0.251 e. The fourth-order valence-corrected chi connectivity index (χ4v) is 2.87. The maximum absolute atomic E-state index is 12.3. The quantitative estimate of drug-likeness (QED) is 0.768. The number of hydrogen-bond donors (Lipinski definition) is 2. The summed E-state index contributed by atoms with van der Waals surface area (Å²) >= 11 is 1.57. The number of thiazole rings is 1. The second-order valence-corrected chi connectivity index (χ2v) is 6.23. The molecule has 0 saturated carbocycles. The van der Waals surface area contributed by atoms with Crippen LogP contribution in [0.4, 0.5) is 0 Å². The molecule has 0 saturated heterocycles. The molecule has 0 unspecified atom stereocenters. The molecule has 116 valence electrons. The van der Waals surface area contributed by atoms with Gasteiger partial charge in [0.1, 0.15) is 5.75 Å². The molecular formula is C18H16N2O2S. The minimum absolute atomic E-state index is 0.128. The summed E-state index contributed by atoms with van der Waals surface area (Å²) in [6.07, 6.45) is 0. The van der Waals surface area contributed by atoms with Gasteiger partial charge < -0.3 is 10.4 Å². The zero-order valence-electron chi connectivity index (χ0n) is 12.6. The van der Waals surface area contributed by atoms with Gasteiger partial charge in [-0.3, -0.25) is 4.79 Å². The van der Waals surface area contributed by atoms with E-state index in [2.05, 4.69) is 10.3 Å². The van der Waals surface area contributed by atoms with Crippen molar-refractivity contribution in [1.29, 1.82) is 0 Å². The number of amides is 1. The van der Waals surface area contributed by atoms with E-state index in [9.17, 15) is 9.90 Å². The van der Waals surface area contributed by atoms with E-state index in [0.29, 0.717) is 12.1 Å². The van der Waals surface area contributed by atoms with Gasteiger partial charge in [-0.1, -0.05) is 24.3 Å². The fourth-order valence-electron chi connectivity index (χ4n) is 2.26. The minimum atomic E-state index is -0.128. The molecule has 0 atom stereocenters. The van der Waals surface area contributed by atoms with Gasteiger partial charge in [0.25, 0.3) is 5.91 Å². The van der Waals surface area contributed by atoms with Gasteiger partial charge >= 0.3 is 0 Å². The number of carbonyl (C=O) groups excluding carboxylic acids is 1. The maximum atomic E-state index is 12.3. The monoisotopic (exact) mass is 324 g/mol.